The highest BCUT2D eigenvalue weighted by Crippen LogP contribution is 2.63. The Morgan fingerprint density at radius 2 is 0.980 bits per heavy atom. The Morgan fingerprint density at radius 1 is 0.388 bits per heavy atom. The molecule has 8 aromatic carbocycles. The monoisotopic (exact) mass is 625 g/mol. The molecule has 0 bridgehead atoms. The minimum Gasteiger partial charge on any atom is -0.457 e. The fourth-order valence-corrected chi connectivity index (χ4v) is 8.27. The fraction of sp³-hybridized carbons (Fsp3) is 0.0213. The summed E-state index contributed by atoms with van der Waals surface area (Å²) in [5, 5.41) is 2.43. The van der Waals surface area contributed by atoms with Gasteiger partial charge in [-0.2, -0.15) is 0 Å². The maximum absolute atomic E-state index is 6.69. The van der Waals surface area contributed by atoms with Crippen molar-refractivity contribution in [3.05, 3.63) is 210 Å². The van der Waals surface area contributed by atoms with Gasteiger partial charge >= 0.3 is 0 Å². The third-order valence-corrected chi connectivity index (χ3v) is 10.3. The van der Waals surface area contributed by atoms with Crippen LogP contribution in [0.4, 0.5) is 17.1 Å². The molecule has 1 atom stereocenters. The van der Waals surface area contributed by atoms with E-state index in [-0.39, 0.29) is 0 Å². The van der Waals surface area contributed by atoms with Crippen LogP contribution in [0.5, 0.6) is 11.5 Å². The Balaban J connectivity index is 1.16. The predicted molar refractivity (Wildman–Crippen MR) is 201 cm³/mol. The number of hydrogen-bond donors (Lipinski definition) is 0. The van der Waals surface area contributed by atoms with Crippen molar-refractivity contribution in [2.45, 2.75) is 5.41 Å². The van der Waals surface area contributed by atoms with Crippen molar-refractivity contribution < 1.29 is 4.74 Å². The van der Waals surface area contributed by atoms with E-state index in [1.807, 2.05) is 0 Å². The maximum Gasteiger partial charge on any atom is 0.132 e. The average Bonchev–Trinajstić information content (AvgIpc) is 3.46. The van der Waals surface area contributed by atoms with Crippen LogP contribution in [-0.2, 0) is 5.41 Å². The minimum absolute atomic E-state index is 0.509. The summed E-state index contributed by atoms with van der Waals surface area (Å²) in [7, 11) is 0. The molecule has 0 amide bonds. The van der Waals surface area contributed by atoms with E-state index in [4.69, 9.17) is 4.74 Å². The van der Waals surface area contributed by atoms with E-state index in [2.05, 4.69) is 193 Å². The van der Waals surface area contributed by atoms with Crippen LogP contribution in [0.1, 0.15) is 22.3 Å². The molecule has 230 valence electrons. The van der Waals surface area contributed by atoms with E-state index in [0.29, 0.717) is 0 Å². The van der Waals surface area contributed by atoms with Crippen molar-refractivity contribution in [1.82, 2.24) is 0 Å². The van der Waals surface area contributed by atoms with Crippen LogP contribution in [0.2, 0.25) is 0 Å². The third kappa shape index (κ3) is 4.07. The Hall–Kier alpha value is -6.38. The van der Waals surface area contributed by atoms with Gasteiger partial charge in [0.15, 0.2) is 0 Å². The van der Waals surface area contributed by atoms with E-state index < -0.39 is 5.41 Å². The van der Waals surface area contributed by atoms with Crippen molar-refractivity contribution in [2.24, 2.45) is 0 Å². The second-order valence-corrected chi connectivity index (χ2v) is 12.9. The van der Waals surface area contributed by atoms with Crippen LogP contribution in [0.25, 0.3) is 33.0 Å². The third-order valence-electron chi connectivity index (χ3n) is 10.3. The first-order chi connectivity index (χ1) is 24.3. The van der Waals surface area contributed by atoms with Gasteiger partial charge in [0, 0.05) is 28.2 Å². The van der Waals surface area contributed by atoms with Crippen molar-refractivity contribution in [1.29, 1.82) is 0 Å². The van der Waals surface area contributed by atoms with Gasteiger partial charge in [0.25, 0.3) is 0 Å². The van der Waals surface area contributed by atoms with Crippen LogP contribution in [-0.4, -0.2) is 0 Å². The Morgan fingerprint density at radius 3 is 1.76 bits per heavy atom. The first-order valence-corrected chi connectivity index (χ1v) is 16.9. The molecule has 1 aliphatic heterocycles. The summed E-state index contributed by atoms with van der Waals surface area (Å²) >= 11 is 0. The van der Waals surface area contributed by atoms with Crippen molar-refractivity contribution in [3.63, 3.8) is 0 Å². The Kier molecular flexibility index (Phi) is 6.13. The minimum atomic E-state index is -0.509. The zero-order valence-electron chi connectivity index (χ0n) is 26.8. The Bertz CT molecular complexity index is 2480. The summed E-state index contributed by atoms with van der Waals surface area (Å²) in [5.74, 6) is 1.83. The molecule has 2 nitrogen and oxygen atoms in total. The van der Waals surface area contributed by atoms with Gasteiger partial charge in [-0.15, -0.1) is 0 Å². The van der Waals surface area contributed by atoms with Crippen LogP contribution >= 0.6 is 0 Å². The number of fused-ring (bicyclic) bond motifs is 11. The topological polar surface area (TPSA) is 12.5 Å². The number of hydrogen-bond acceptors (Lipinski definition) is 2. The highest BCUT2D eigenvalue weighted by molar-refractivity contribution is 5.98. The molecule has 2 heteroatoms. The molecule has 0 radical (unpaired) electrons. The van der Waals surface area contributed by atoms with E-state index in [0.717, 1.165) is 28.6 Å². The van der Waals surface area contributed by atoms with Crippen LogP contribution < -0.4 is 9.64 Å². The van der Waals surface area contributed by atoms with E-state index in [9.17, 15) is 0 Å². The van der Waals surface area contributed by atoms with Gasteiger partial charge in [-0.05, 0) is 98.8 Å². The number of benzene rings is 8. The van der Waals surface area contributed by atoms with Gasteiger partial charge < -0.3 is 9.64 Å². The molecule has 49 heavy (non-hydrogen) atoms. The molecule has 1 spiro atoms. The van der Waals surface area contributed by atoms with Gasteiger partial charge in [-0.3, -0.25) is 0 Å². The standard InChI is InChI=1S/C47H31NO/c1-3-14-35(15-4-1)48(36-16-5-2-6-17-36)37-27-23-32(24-28-37)34-25-29-42-40(31-34)39-19-9-10-20-41(39)47(42)43-21-11-12-22-44(43)49-45-30-26-33-13-7-8-18-38(33)46(45)47/h1-31H. The summed E-state index contributed by atoms with van der Waals surface area (Å²) in [6.07, 6.45) is 0. The summed E-state index contributed by atoms with van der Waals surface area (Å²) in [5.41, 5.74) is 12.8. The number of nitrogens with zero attached hydrogens (tertiary/aromatic N) is 1. The second-order valence-electron chi connectivity index (χ2n) is 12.9. The molecule has 1 unspecified atom stereocenters. The molecular weight excluding hydrogens is 595 g/mol. The molecule has 1 aliphatic carbocycles. The van der Waals surface area contributed by atoms with Crippen LogP contribution in [0.3, 0.4) is 0 Å². The number of anilines is 3. The zero-order valence-corrected chi connectivity index (χ0v) is 26.8. The highest BCUT2D eigenvalue weighted by Gasteiger charge is 2.51. The van der Waals surface area contributed by atoms with Crippen molar-refractivity contribution in [3.8, 4) is 33.8 Å². The van der Waals surface area contributed by atoms with Gasteiger partial charge in [0.05, 0.1) is 5.41 Å². The van der Waals surface area contributed by atoms with Gasteiger partial charge in [0.2, 0.25) is 0 Å². The molecule has 0 fully saturated rings. The molecular formula is C47H31NO. The molecule has 1 heterocycles. The molecule has 10 rings (SSSR count). The molecule has 0 N–H and O–H groups in total. The maximum atomic E-state index is 6.69. The number of ether oxygens (including phenoxy) is 1. The first kappa shape index (κ1) is 27.7. The molecule has 2 aliphatic rings. The second kappa shape index (κ2) is 10.8. The number of para-hydroxylation sites is 3. The lowest BCUT2D eigenvalue weighted by atomic mass is 9.65. The molecule has 0 saturated carbocycles. The number of rotatable bonds is 4. The highest BCUT2D eigenvalue weighted by atomic mass is 16.5. The fourth-order valence-electron chi connectivity index (χ4n) is 8.27. The lowest BCUT2D eigenvalue weighted by Crippen LogP contribution is -2.32. The predicted octanol–water partition coefficient (Wildman–Crippen LogP) is 12.4. The smallest absolute Gasteiger partial charge is 0.132 e. The van der Waals surface area contributed by atoms with E-state index >= 15 is 0 Å². The average molecular weight is 626 g/mol. The first-order valence-electron chi connectivity index (χ1n) is 16.9. The van der Waals surface area contributed by atoms with E-state index in [1.54, 1.807) is 0 Å². The normalized spacial score (nSPS) is 15.2. The quantitative estimate of drug-likeness (QED) is 0.193. The van der Waals surface area contributed by atoms with Gasteiger partial charge in [0.1, 0.15) is 11.5 Å². The summed E-state index contributed by atoms with van der Waals surface area (Å²) < 4.78 is 6.69. The summed E-state index contributed by atoms with van der Waals surface area (Å²) in [6, 6.07) is 67.7. The lowest BCUT2D eigenvalue weighted by Gasteiger charge is -2.40. The largest absolute Gasteiger partial charge is 0.457 e. The van der Waals surface area contributed by atoms with Crippen molar-refractivity contribution >= 4 is 27.8 Å². The lowest BCUT2D eigenvalue weighted by molar-refractivity contribution is 0.438. The zero-order chi connectivity index (χ0) is 32.4. The summed E-state index contributed by atoms with van der Waals surface area (Å²) in [4.78, 5) is 2.30. The molecule has 0 saturated heterocycles. The van der Waals surface area contributed by atoms with E-state index in [1.165, 1.54) is 55.3 Å². The van der Waals surface area contributed by atoms with Crippen LogP contribution in [0, 0.1) is 0 Å². The van der Waals surface area contributed by atoms with Crippen molar-refractivity contribution in [2.75, 3.05) is 4.90 Å². The molecule has 0 aromatic heterocycles. The molecule has 8 aromatic rings. The summed E-state index contributed by atoms with van der Waals surface area (Å²) in [6.45, 7) is 0. The van der Waals surface area contributed by atoms with Gasteiger partial charge in [-0.1, -0.05) is 133 Å². The van der Waals surface area contributed by atoms with Gasteiger partial charge in [-0.25, -0.2) is 0 Å². The Labute approximate surface area is 286 Å². The SMILES string of the molecule is c1ccc(N(c2ccccc2)c2ccc(-c3ccc4c(c3)-c3ccccc3C43c4ccccc4Oc4ccc5ccccc5c43)cc2)cc1. The van der Waals surface area contributed by atoms with Crippen LogP contribution in [0.15, 0.2) is 188 Å².